The fraction of sp³-hybridized carbons (Fsp3) is 0.467. The molecule has 1 atom stereocenters. The maximum atomic E-state index is 6.05. The van der Waals surface area contributed by atoms with E-state index in [4.69, 9.17) is 27.7 Å². The van der Waals surface area contributed by atoms with Crippen LogP contribution in [0.5, 0.6) is 0 Å². The van der Waals surface area contributed by atoms with Gasteiger partial charge in [0, 0.05) is 12.1 Å². The maximum absolute atomic E-state index is 6.05. The Morgan fingerprint density at radius 3 is 2.71 bits per heavy atom. The first-order valence-electron chi connectivity index (χ1n) is 7.03. The van der Waals surface area contributed by atoms with Gasteiger partial charge >= 0.3 is 0 Å². The third kappa shape index (κ3) is 2.56. The van der Waals surface area contributed by atoms with E-state index in [1.807, 2.05) is 6.07 Å². The van der Waals surface area contributed by atoms with E-state index in [-0.39, 0.29) is 5.41 Å². The minimum absolute atomic E-state index is 0.0819. The molecule has 1 saturated heterocycles. The molecule has 0 spiro atoms. The standard InChI is InChI=1S/C15H17Cl2N3O/c1-9(2)15(5-6-18-8-15)14-19-13(20-21-14)10-3-4-11(16)12(17)7-10/h3-4,7,9,18H,5-6,8H2,1-2H3. The highest BCUT2D eigenvalue weighted by atomic mass is 35.5. The lowest BCUT2D eigenvalue weighted by Gasteiger charge is -2.27. The molecule has 4 nitrogen and oxygen atoms in total. The van der Waals surface area contributed by atoms with Gasteiger partial charge in [0.2, 0.25) is 11.7 Å². The van der Waals surface area contributed by atoms with Crippen LogP contribution in [-0.4, -0.2) is 23.2 Å². The molecule has 1 aliphatic heterocycles. The van der Waals surface area contributed by atoms with Crippen molar-refractivity contribution in [2.45, 2.75) is 25.7 Å². The summed E-state index contributed by atoms with van der Waals surface area (Å²) in [4.78, 5) is 4.61. The number of benzene rings is 1. The predicted molar refractivity (Wildman–Crippen MR) is 83.8 cm³/mol. The summed E-state index contributed by atoms with van der Waals surface area (Å²) in [5.41, 5.74) is 0.728. The molecule has 0 bridgehead atoms. The largest absolute Gasteiger partial charge is 0.338 e. The van der Waals surface area contributed by atoms with E-state index in [1.54, 1.807) is 12.1 Å². The number of aromatic nitrogens is 2. The van der Waals surface area contributed by atoms with E-state index in [0.29, 0.717) is 27.7 Å². The van der Waals surface area contributed by atoms with Crippen LogP contribution in [0.2, 0.25) is 10.0 Å². The van der Waals surface area contributed by atoms with Crippen LogP contribution in [0, 0.1) is 5.92 Å². The van der Waals surface area contributed by atoms with E-state index in [2.05, 4.69) is 29.3 Å². The summed E-state index contributed by atoms with van der Waals surface area (Å²) < 4.78 is 5.56. The van der Waals surface area contributed by atoms with Gasteiger partial charge in [-0.3, -0.25) is 0 Å². The molecule has 2 heterocycles. The molecule has 1 aliphatic rings. The van der Waals surface area contributed by atoms with Crippen molar-refractivity contribution in [2.75, 3.05) is 13.1 Å². The topological polar surface area (TPSA) is 51.0 Å². The van der Waals surface area contributed by atoms with Gasteiger partial charge in [-0.1, -0.05) is 42.2 Å². The van der Waals surface area contributed by atoms with Gasteiger partial charge in [-0.15, -0.1) is 0 Å². The second-order valence-electron chi connectivity index (χ2n) is 5.79. The number of hydrogen-bond acceptors (Lipinski definition) is 4. The molecule has 6 heteroatoms. The average Bonchev–Trinajstić information content (AvgIpc) is 3.10. The van der Waals surface area contributed by atoms with Gasteiger partial charge in [0.05, 0.1) is 15.5 Å². The zero-order chi connectivity index (χ0) is 15.0. The third-order valence-corrected chi connectivity index (χ3v) is 5.06. The maximum Gasteiger partial charge on any atom is 0.234 e. The van der Waals surface area contributed by atoms with Crippen LogP contribution in [0.25, 0.3) is 11.4 Å². The highest BCUT2D eigenvalue weighted by molar-refractivity contribution is 6.42. The van der Waals surface area contributed by atoms with Gasteiger partial charge in [0.15, 0.2) is 0 Å². The Labute approximate surface area is 133 Å². The molecule has 1 N–H and O–H groups in total. The van der Waals surface area contributed by atoms with Crippen molar-refractivity contribution in [1.82, 2.24) is 15.5 Å². The molecular formula is C15H17Cl2N3O. The highest BCUT2D eigenvalue weighted by Gasteiger charge is 2.43. The summed E-state index contributed by atoms with van der Waals surface area (Å²) in [7, 11) is 0. The van der Waals surface area contributed by atoms with Crippen LogP contribution in [0.3, 0.4) is 0 Å². The number of halogens is 2. The minimum atomic E-state index is -0.0819. The van der Waals surface area contributed by atoms with Crippen molar-refractivity contribution in [2.24, 2.45) is 5.92 Å². The zero-order valence-electron chi connectivity index (χ0n) is 12.0. The average molecular weight is 326 g/mol. The van der Waals surface area contributed by atoms with Gasteiger partial charge in [0.25, 0.3) is 0 Å². The number of nitrogens with zero attached hydrogens (tertiary/aromatic N) is 2. The summed E-state index contributed by atoms with van der Waals surface area (Å²) in [6.07, 6.45) is 1.01. The Bertz CT molecular complexity index is 648. The minimum Gasteiger partial charge on any atom is -0.338 e. The summed E-state index contributed by atoms with van der Waals surface area (Å²) in [5, 5.41) is 8.51. The lowest BCUT2D eigenvalue weighted by atomic mass is 9.76. The fourth-order valence-corrected chi connectivity index (χ4v) is 3.11. The first-order chi connectivity index (χ1) is 10.0. The van der Waals surface area contributed by atoms with Gasteiger partial charge < -0.3 is 9.84 Å². The quantitative estimate of drug-likeness (QED) is 0.928. The molecule has 2 aromatic rings. The Kier molecular flexibility index (Phi) is 3.95. The van der Waals surface area contributed by atoms with Crippen molar-refractivity contribution >= 4 is 23.2 Å². The lowest BCUT2D eigenvalue weighted by molar-refractivity contribution is 0.234. The van der Waals surface area contributed by atoms with E-state index in [0.717, 1.165) is 25.1 Å². The Balaban J connectivity index is 1.97. The van der Waals surface area contributed by atoms with Crippen LogP contribution < -0.4 is 5.32 Å². The Hall–Kier alpha value is -1.10. The van der Waals surface area contributed by atoms with Gasteiger partial charge in [-0.25, -0.2) is 0 Å². The van der Waals surface area contributed by atoms with Crippen molar-refractivity contribution in [3.05, 3.63) is 34.1 Å². The zero-order valence-corrected chi connectivity index (χ0v) is 13.5. The van der Waals surface area contributed by atoms with Crippen molar-refractivity contribution in [3.8, 4) is 11.4 Å². The molecule has 1 aromatic carbocycles. The molecule has 21 heavy (non-hydrogen) atoms. The van der Waals surface area contributed by atoms with E-state index in [1.165, 1.54) is 0 Å². The van der Waals surface area contributed by atoms with E-state index >= 15 is 0 Å². The van der Waals surface area contributed by atoms with Gasteiger partial charge in [0.1, 0.15) is 0 Å². The smallest absolute Gasteiger partial charge is 0.234 e. The third-order valence-electron chi connectivity index (χ3n) is 4.32. The fourth-order valence-electron chi connectivity index (χ4n) is 2.81. The van der Waals surface area contributed by atoms with Crippen molar-refractivity contribution in [1.29, 1.82) is 0 Å². The van der Waals surface area contributed by atoms with Crippen LogP contribution in [0.15, 0.2) is 22.7 Å². The first kappa shape index (κ1) is 14.8. The molecule has 0 radical (unpaired) electrons. The van der Waals surface area contributed by atoms with Crippen molar-refractivity contribution < 1.29 is 4.52 Å². The number of hydrogen-bond donors (Lipinski definition) is 1. The summed E-state index contributed by atoms with van der Waals surface area (Å²) in [6, 6.07) is 5.34. The summed E-state index contributed by atoms with van der Waals surface area (Å²) >= 11 is 12.0. The second-order valence-corrected chi connectivity index (χ2v) is 6.60. The molecule has 1 fully saturated rings. The van der Waals surface area contributed by atoms with Crippen LogP contribution in [0.4, 0.5) is 0 Å². The molecule has 112 valence electrons. The molecule has 0 amide bonds. The molecule has 1 aromatic heterocycles. The van der Waals surface area contributed by atoms with Crippen LogP contribution >= 0.6 is 23.2 Å². The Morgan fingerprint density at radius 1 is 1.29 bits per heavy atom. The van der Waals surface area contributed by atoms with Gasteiger partial charge in [-0.2, -0.15) is 4.98 Å². The number of rotatable bonds is 3. The monoisotopic (exact) mass is 325 g/mol. The van der Waals surface area contributed by atoms with Crippen LogP contribution in [-0.2, 0) is 5.41 Å². The number of nitrogens with one attached hydrogen (secondary N) is 1. The van der Waals surface area contributed by atoms with Gasteiger partial charge in [-0.05, 0) is 37.1 Å². The van der Waals surface area contributed by atoms with E-state index < -0.39 is 0 Å². The molecule has 0 aliphatic carbocycles. The lowest BCUT2D eigenvalue weighted by Crippen LogP contribution is -2.35. The second kappa shape index (κ2) is 5.59. The summed E-state index contributed by atoms with van der Waals surface area (Å²) in [6.45, 7) is 6.22. The van der Waals surface area contributed by atoms with Crippen LogP contribution in [0.1, 0.15) is 26.2 Å². The molecule has 0 saturated carbocycles. The first-order valence-corrected chi connectivity index (χ1v) is 7.79. The SMILES string of the molecule is CC(C)C1(c2nc(-c3ccc(Cl)c(Cl)c3)no2)CCNC1. The highest BCUT2D eigenvalue weighted by Crippen LogP contribution is 2.38. The molecular weight excluding hydrogens is 309 g/mol. The molecule has 3 rings (SSSR count). The molecule has 1 unspecified atom stereocenters. The predicted octanol–water partition coefficient (Wildman–Crippen LogP) is 3.93. The Morgan fingerprint density at radius 2 is 2.10 bits per heavy atom. The van der Waals surface area contributed by atoms with E-state index in [9.17, 15) is 0 Å². The normalized spacial score (nSPS) is 22.1. The summed E-state index contributed by atoms with van der Waals surface area (Å²) in [5.74, 6) is 1.67. The van der Waals surface area contributed by atoms with Crippen molar-refractivity contribution in [3.63, 3.8) is 0 Å².